The van der Waals surface area contributed by atoms with Crippen molar-refractivity contribution in [3.05, 3.63) is 45.1 Å². The number of hydrogen-bond donors (Lipinski definition) is 2. The van der Waals surface area contributed by atoms with E-state index in [2.05, 4.69) is 15.4 Å². The third kappa shape index (κ3) is 3.21. The van der Waals surface area contributed by atoms with Crippen LogP contribution in [0.4, 0.5) is 13.2 Å². The molecule has 0 aliphatic heterocycles. The zero-order valence-electron chi connectivity index (χ0n) is 9.28. The average Bonchev–Trinajstić information content (AvgIpc) is 2.82. The van der Waals surface area contributed by atoms with E-state index >= 15 is 0 Å². The highest BCUT2D eigenvalue weighted by atomic mass is 35.5. The summed E-state index contributed by atoms with van der Waals surface area (Å²) in [6, 6.07) is 2.55. The molecule has 0 fully saturated rings. The zero-order chi connectivity index (χ0) is 14.0. The third-order valence-corrected chi connectivity index (χ3v) is 3.63. The second-order valence-corrected chi connectivity index (χ2v) is 5.03. The first-order valence-electron chi connectivity index (χ1n) is 5.02. The summed E-state index contributed by atoms with van der Waals surface area (Å²) in [5.41, 5.74) is 3.04. The number of halogens is 4. The van der Waals surface area contributed by atoms with E-state index in [1.165, 1.54) is 12.3 Å². The fourth-order valence-electron chi connectivity index (χ4n) is 1.45. The molecular formula is C10H8ClF3N4S. The predicted molar refractivity (Wildman–Crippen MR) is 65.5 cm³/mol. The van der Waals surface area contributed by atoms with Gasteiger partial charge in [-0.2, -0.15) is 13.2 Å². The molecule has 0 saturated heterocycles. The molecule has 1 atom stereocenters. The van der Waals surface area contributed by atoms with Gasteiger partial charge < -0.3 is 0 Å². The molecule has 0 saturated carbocycles. The smallest absolute Gasteiger partial charge is 0.271 e. The van der Waals surface area contributed by atoms with Crippen LogP contribution in [0.1, 0.15) is 21.5 Å². The summed E-state index contributed by atoms with van der Waals surface area (Å²) in [5.74, 6) is 5.38. The number of nitrogens with zero attached hydrogens (tertiary/aromatic N) is 2. The van der Waals surface area contributed by atoms with E-state index < -0.39 is 17.2 Å². The van der Waals surface area contributed by atoms with Gasteiger partial charge in [0, 0.05) is 17.3 Å². The van der Waals surface area contributed by atoms with Crippen LogP contribution >= 0.6 is 22.9 Å². The van der Waals surface area contributed by atoms with Crippen LogP contribution in [0.2, 0.25) is 5.15 Å². The molecule has 0 radical (unpaired) electrons. The Morgan fingerprint density at radius 2 is 2.00 bits per heavy atom. The van der Waals surface area contributed by atoms with E-state index in [-0.39, 0.29) is 0 Å². The van der Waals surface area contributed by atoms with Crippen LogP contribution in [0.5, 0.6) is 0 Å². The number of hydrogen-bond acceptors (Lipinski definition) is 5. The fraction of sp³-hybridized carbons (Fsp3) is 0.200. The molecule has 0 amide bonds. The standard InChI is InChI=1S/C10H8ClF3N4S/c11-7-2-1-5(3-16-7)8(18-15)6-4-17-9(19-6)10(12,13)14/h1-4,8,18H,15H2. The lowest BCUT2D eigenvalue weighted by Gasteiger charge is -2.13. The summed E-state index contributed by atoms with van der Waals surface area (Å²) in [6.07, 6.45) is -1.87. The van der Waals surface area contributed by atoms with Gasteiger partial charge in [-0.05, 0) is 11.6 Å². The van der Waals surface area contributed by atoms with Crippen molar-refractivity contribution in [2.75, 3.05) is 0 Å². The number of alkyl halides is 3. The summed E-state index contributed by atoms with van der Waals surface area (Å²) in [5, 5.41) is -0.621. The first kappa shape index (κ1) is 14.2. The van der Waals surface area contributed by atoms with Crippen LogP contribution in [0, 0.1) is 0 Å². The molecule has 2 aromatic heterocycles. The number of rotatable bonds is 3. The number of nitrogens with two attached hydrogens (primary N) is 1. The van der Waals surface area contributed by atoms with Crippen molar-refractivity contribution in [3.8, 4) is 0 Å². The van der Waals surface area contributed by atoms with Crippen molar-refractivity contribution in [2.45, 2.75) is 12.2 Å². The minimum absolute atomic E-state index is 0.291. The van der Waals surface area contributed by atoms with Gasteiger partial charge in [-0.3, -0.25) is 5.84 Å². The molecule has 2 heterocycles. The first-order chi connectivity index (χ1) is 8.91. The van der Waals surface area contributed by atoms with Crippen molar-refractivity contribution in [1.82, 2.24) is 15.4 Å². The zero-order valence-corrected chi connectivity index (χ0v) is 10.9. The Morgan fingerprint density at radius 1 is 1.26 bits per heavy atom. The molecule has 0 aromatic carbocycles. The van der Waals surface area contributed by atoms with Gasteiger partial charge in [-0.1, -0.05) is 17.7 Å². The number of aromatic nitrogens is 2. The van der Waals surface area contributed by atoms with Crippen molar-refractivity contribution in [3.63, 3.8) is 0 Å². The minimum Gasteiger partial charge on any atom is -0.271 e. The number of hydrazine groups is 1. The molecule has 2 aromatic rings. The number of nitrogens with one attached hydrogen (secondary N) is 1. The lowest BCUT2D eigenvalue weighted by molar-refractivity contribution is -0.137. The molecule has 0 aliphatic carbocycles. The van der Waals surface area contributed by atoms with Gasteiger partial charge in [0.1, 0.15) is 5.15 Å². The Bertz CT molecular complexity index is 555. The lowest BCUT2D eigenvalue weighted by atomic mass is 10.1. The predicted octanol–water partition coefficient (Wildman–Crippen LogP) is 2.76. The van der Waals surface area contributed by atoms with Crippen LogP contribution in [-0.2, 0) is 6.18 Å². The summed E-state index contributed by atoms with van der Waals surface area (Å²) in [4.78, 5) is 7.56. The van der Waals surface area contributed by atoms with Crippen LogP contribution < -0.4 is 11.3 Å². The van der Waals surface area contributed by atoms with E-state index in [1.807, 2.05) is 0 Å². The number of pyridine rings is 1. The monoisotopic (exact) mass is 308 g/mol. The van der Waals surface area contributed by atoms with E-state index in [9.17, 15) is 13.2 Å². The third-order valence-electron chi connectivity index (χ3n) is 2.30. The summed E-state index contributed by atoms with van der Waals surface area (Å²) in [7, 11) is 0. The Kier molecular flexibility index (Phi) is 4.04. The van der Waals surface area contributed by atoms with E-state index in [0.29, 0.717) is 26.9 Å². The second kappa shape index (κ2) is 5.41. The maximum Gasteiger partial charge on any atom is 0.443 e. The van der Waals surface area contributed by atoms with Gasteiger partial charge in [-0.25, -0.2) is 15.4 Å². The van der Waals surface area contributed by atoms with Crippen LogP contribution in [0.25, 0.3) is 0 Å². The van der Waals surface area contributed by atoms with Gasteiger partial charge in [0.05, 0.1) is 6.04 Å². The van der Waals surface area contributed by atoms with Crippen molar-refractivity contribution < 1.29 is 13.2 Å². The highest BCUT2D eigenvalue weighted by Crippen LogP contribution is 2.35. The van der Waals surface area contributed by atoms with E-state index in [1.54, 1.807) is 6.07 Å². The van der Waals surface area contributed by atoms with E-state index in [0.717, 1.165) is 6.20 Å². The van der Waals surface area contributed by atoms with Gasteiger partial charge in [0.25, 0.3) is 0 Å². The Hall–Kier alpha value is -1.22. The molecule has 0 spiro atoms. The normalized spacial score (nSPS) is 13.5. The van der Waals surface area contributed by atoms with Crippen LogP contribution in [-0.4, -0.2) is 9.97 Å². The maximum atomic E-state index is 12.5. The highest BCUT2D eigenvalue weighted by Gasteiger charge is 2.35. The molecule has 102 valence electrons. The summed E-state index contributed by atoms with van der Waals surface area (Å²) >= 11 is 6.18. The van der Waals surface area contributed by atoms with Crippen LogP contribution in [0.3, 0.4) is 0 Å². The summed E-state index contributed by atoms with van der Waals surface area (Å²) in [6.45, 7) is 0. The van der Waals surface area contributed by atoms with Crippen molar-refractivity contribution in [1.29, 1.82) is 0 Å². The van der Waals surface area contributed by atoms with Gasteiger partial charge in [0.2, 0.25) is 0 Å². The highest BCUT2D eigenvalue weighted by molar-refractivity contribution is 7.11. The quantitative estimate of drug-likeness (QED) is 0.520. The molecule has 1 unspecified atom stereocenters. The second-order valence-electron chi connectivity index (χ2n) is 3.58. The molecule has 3 N–H and O–H groups in total. The molecular weight excluding hydrogens is 301 g/mol. The largest absolute Gasteiger partial charge is 0.443 e. The topological polar surface area (TPSA) is 63.8 Å². The molecule has 19 heavy (non-hydrogen) atoms. The Labute approximate surface area is 115 Å². The molecule has 9 heteroatoms. The molecule has 0 aliphatic rings. The fourth-order valence-corrected chi connectivity index (χ4v) is 2.44. The Balaban J connectivity index is 2.32. The van der Waals surface area contributed by atoms with E-state index in [4.69, 9.17) is 17.4 Å². The minimum atomic E-state index is -4.46. The average molecular weight is 309 g/mol. The first-order valence-corrected chi connectivity index (χ1v) is 6.21. The molecule has 0 bridgehead atoms. The van der Waals surface area contributed by atoms with Gasteiger partial charge in [0.15, 0.2) is 5.01 Å². The molecule has 4 nitrogen and oxygen atoms in total. The van der Waals surface area contributed by atoms with Gasteiger partial charge in [-0.15, -0.1) is 11.3 Å². The van der Waals surface area contributed by atoms with Crippen molar-refractivity contribution in [2.24, 2.45) is 5.84 Å². The SMILES string of the molecule is NNC(c1ccc(Cl)nc1)c1cnc(C(F)(F)F)s1. The lowest BCUT2D eigenvalue weighted by Crippen LogP contribution is -2.28. The van der Waals surface area contributed by atoms with Crippen LogP contribution in [0.15, 0.2) is 24.5 Å². The number of thiazole rings is 1. The Morgan fingerprint density at radius 3 is 2.47 bits per heavy atom. The van der Waals surface area contributed by atoms with Crippen molar-refractivity contribution >= 4 is 22.9 Å². The molecule has 2 rings (SSSR count). The van der Waals surface area contributed by atoms with Gasteiger partial charge >= 0.3 is 6.18 Å². The maximum absolute atomic E-state index is 12.5. The summed E-state index contributed by atoms with van der Waals surface area (Å²) < 4.78 is 37.5.